The number of nitrogens with zero attached hydrogens (tertiary/aromatic N) is 9. The number of hydrogen-bond donors (Lipinski definition) is 4. The first-order valence-corrected chi connectivity index (χ1v) is 21.9. The van der Waals surface area contributed by atoms with Crippen molar-refractivity contribution >= 4 is 57.5 Å². The number of fused-ring (bicyclic) bond motifs is 2. The molecule has 0 radical (unpaired) electrons. The number of aryl methyl sites for hydroxylation is 1. The molecule has 3 aromatic heterocycles. The van der Waals surface area contributed by atoms with Gasteiger partial charge in [-0.2, -0.15) is 4.98 Å². The van der Waals surface area contributed by atoms with E-state index in [1.807, 2.05) is 29.9 Å². The number of hydrogen-bond acceptors (Lipinski definition) is 12. The third-order valence-electron chi connectivity index (χ3n) is 12.9. The molecule has 2 atom stereocenters. The molecule has 3 amide bonds. The lowest BCUT2D eigenvalue weighted by atomic mass is 9.96. The Bertz CT molecular complexity index is 2580. The Balaban J connectivity index is 0.811. The van der Waals surface area contributed by atoms with Crippen molar-refractivity contribution in [2.24, 2.45) is 5.92 Å². The highest BCUT2D eigenvalue weighted by atomic mass is 16.2. The molecule has 0 saturated carbocycles. The van der Waals surface area contributed by atoms with Gasteiger partial charge in [-0.1, -0.05) is 19.1 Å². The van der Waals surface area contributed by atoms with E-state index in [4.69, 9.17) is 15.4 Å². The van der Waals surface area contributed by atoms with Crippen molar-refractivity contribution < 1.29 is 9.59 Å². The summed E-state index contributed by atoms with van der Waals surface area (Å²) < 4.78 is 3.44. The molecule has 0 spiro atoms. The van der Waals surface area contributed by atoms with E-state index in [9.17, 15) is 14.4 Å². The number of anilines is 5. The molecular formula is C46H55N13O3. The fourth-order valence-electron chi connectivity index (χ4n) is 9.60. The number of carbonyl (C=O) groups is 2. The second-order valence-electron chi connectivity index (χ2n) is 16.8. The van der Waals surface area contributed by atoms with Gasteiger partial charge in [0.2, 0.25) is 11.9 Å². The summed E-state index contributed by atoms with van der Waals surface area (Å²) in [7, 11) is 1.83. The summed E-state index contributed by atoms with van der Waals surface area (Å²) in [4.78, 5) is 60.9. The van der Waals surface area contributed by atoms with Gasteiger partial charge in [-0.15, -0.1) is 6.58 Å². The molecule has 4 N–H and O–H groups in total. The van der Waals surface area contributed by atoms with Crippen LogP contribution < -0.4 is 31.3 Å². The minimum Gasteiger partial charge on any atom is -0.387 e. The van der Waals surface area contributed by atoms with Gasteiger partial charge in [0.15, 0.2) is 11.5 Å². The third kappa shape index (κ3) is 8.01. The Labute approximate surface area is 361 Å². The summed E-state index contributed by atoms with van der Waals surface area (Å²) >= 11 is 0. The van der Waals surface area contributed by atoms with Crippen LogP contribution in [0.5, 0.6) is 0 Å². The van der Waals surface area contributed by atoms with E-state index >= 15 is 0 Å². The number of pyridine rings is 1. The van der Waals surface area contributed by atoms with Gasteiger partial charge in [0.1, 0.15) is 11.2 Å². The van der Waals surface area contributed by atoms with Crippen LogP contribution in [0.2, 0.25) is 0 Å². The summed E-state index contributed by atoms with van der Waals surface area (Å²) in [6, 6.07) is 18.0. The molecule has 322 valence electrons. The second-order valence-corrected chi connectivity index (χ2v) is 16.8. The fraction of sp³-hybridized carbons (Fsp3) is 0.413. The first kappa shape index (κ1) is 40.8. The van der Waals surface area contributed by atoms with Gasteiger partial charge in [0.05, 0.1) is 6.54 Å². The van der Waals surface area contributed by atoms with Gasteiger partial charge >= 0.3 is 6.03 Å². The maximum absolute atomic E-state index is 13.5. The average Bonchev–Trinajstić information content (AvgIpc) is 3.83. The van der Waals surface area contributed by atoms with Crippen molar-refractivity contribution in [3.63, 3.8) is 0 Å². The van der Waals surface area contributed by atoms with Crippen molar-refractivity contribution in [3.8, 4) is 5.82 Å². The molecule has 5 aromatic rings. The van der Waals surface area contributed by atoms with Crippen LogP contribution in [0.25, 0.3) is 16.9 Å². The average molecular weight is 838 g/mol. The number of imide groups is 1. The van der Waals surface area contributed by atoms with Gasteiger partial charge in [0.25, 0.3) is 5.56 Å². The van der Waals surface area contributed by atoms with E-state index in [1.54, 1.807) is 17.0 Å². The summed E-state index contributed by atoms with van der Waals surface area (Å²) in [5.74, 6) is 1.80. The number of allylic oxidation sites excluding steroid dienone is 1. The standard InChI is InChI=1S/C46H55N13O3/c1-4-19-58-44(61)37-27-49-45(53-43(37)59(58)39-17-10-32-9-8-31(5-2)41(32)51-39)50-33-11-13-34(14-12-33)55-24-22-54(23-25-55)28-30-7-6-20-56(29-30)35-15-16-36(38(26-35)48-3)42(47)57-21-18-40(60)52-46(57)62/h4,10-17,26-27,30-31,47-48H,1,5-9,18-25,28-29H2,2-3H3,(H,49,50,53)(H,52,60,62). The van der Waals surface area contributed by atoms with Crippen molar-refractivity contribution in [1.29, 1.82) is 5.41 Å². The van der Waals surface area contributed by atoms with Gasteiger partial charge in [-0.25, -0.2) is 24.1 Å². The summed E-state index contributed by atoms with van der Waals surface area (Å²) in [6.45, 7) is 13.5. The quantitative estimate of drug-likeness (QED) is 0.0691. The normalized spacial score (nSPS) is 19.4. The summed E-state index contributed by atoms with van der Waals surface area (Å²) in [6.07, 6.45) is 8.96. The van der Waals surface area contributed by atoms with Crippen LogP contribution in [0, 0.1) is 11.3 Å². The van der Waals surface area contributed by atoms with Crippen molar-refractivity contribution in [1.82, 2.24) is 39.4 Å². The van der Waals surface area contributed by atoms with Crippen LogP contribution in [-0.4, -0.2) is 111 Å². The highest BCUT2D eigenvalue weighted by Gasteiger charge is 2.30. The van der Waals surface area contributed by atoms with Gasteiger partial charge in [0, 0.05) is 112 Å². The molecule has 2 aromatic carbocycles. The zero-order valence-electron chi connectivity index (χ0n) is 35.6. The SMILES string of the molecule is C=CCn1c(=O)c2cnc(Nc3ccc(N4CCN(CC5CCCN(c6ccc(C(=N)N7CCC(=O)NC7=O)c(NC)c6)C5)CC4)cc3)nc2n1-c1ccc2c(n1)C(CC)CC2. The number of carbonyl (C=O) groups excluding carboxylic acids is 2. The third-order valence-corrected chi connectivity index (χ3v) is 12.9. The molecule has 0 bridgehead atoms. The molecule has 3 aliphatic heterocycles. The van der Waals surface area contributed by atoms with Gasteiger partial charge in [-0.3, -0.25) is 30.1 Å². The van der Waals surface area contributed by atoms with Crippen molar-refractivity contribution in [3.05, 3.63) is 101 Å². The van der Waals surface area contributed by atoms with Crippen LogP contribution in [0.15, 0.2) is 78.2 Å². The van der Waals surface area contributed by atoms with Crippen LogP contribution in [-0.2, 0) is 17.8 Å². The Kier molecular flexibility index (Phi) is 11.5. The van der Waals surface area contributed by atoms with Crippen molar-refractivity contribution in [2.45, 2.75) is 57.9 Å². The Morgan fingerprint density at radius 3 is 2.50 bits per heavy atom. The predicted molar refractivity (Wildman–Crippen MR) is 243 cm³/mol. The molecule has 3 fully saturated rings. The molecule has 3 saturated heterocycles. The smallest absolute Gasteiger partial charge is 0.329 e. The Morgan fingerprint density at radius 1 is 0.935 bits per heavy atom. The summed E-state index contributed by atoms with van der Waals surface area (Å²) in [5, 5.41) is 18.1. The molecule has 16 nitrogen and oxygen atoms in total. The first-order chi connectivity index (χ1) is 30.2. The van der Waals surface area contributed by atoms with Crippen LogP contribution in [0.1, 0.15) is 61.8 Å². The number of rotatable bonds is 12. The molecule has 9 rings (SSSR count). The van der Waals surface area contributed by atoms with E-state index in [1.165, 1.54) is 22.6 Å². The van der Waals surface area contributed by atoms with Crippen LogP contribution in [0.4, 0.5) is 33.5 Å². The van der Waals surface area contributed by atoms with E-state index in [2.05, 4.69) is 85.5 Å². The topological polar surface area (TPSA) is 173 Å². The fourth-order valence-corrected chi connectivity index (χ4v) is 9.60. The summed E-state index contributed by atoms with van der Waals surface area (Å²) in [5.41, 5.74) is 7.26. The number of amides is 3. The second kappa shape index (κ2) is 17.4. The zero-order chi connectivity index (χ0) is 42.9. The van der Waals surface area contributed by atoms with E-state index in [-0.39, 0.29) is 30.3 Å². The highest BCUT2D eigenvalue weighted by molar-refractivity contribution is 6.13. The van der Waals surface area contributed by atoms with Crippen LogP contribution in [0.3, 0.4) is 0 Å². The molecule has 2 unspecified atom stereocenters. The molecule has 1 aliphatic carbocycles. The monoisotopic (exact) mass is 837 g/mol. The number of piperazine rings is 1. The Morgan fingerprint density at radius 2 is 1.74 bits per heavy atom. The zero-order valence-corrected chi connectivity index (χ0v) is 35.6. The lowest BCUT2D eigenvalue weighted by molar-refractivity contribution is -0.121. The van der Waals surface area contributed by atoms with E-state index in [0.29, 0.717) is 46.7 Å². The number of amidine groups is 1. The number of nitrogens with one attached hydrogen (secondary N) is 4. The van der Waals surface area contributed by atoms with E-state index < -0.39 is 6.03 Å². The minimum absolute atomic E-state index is 0.0795. The lowest BCUT2D eigenvalue weighted by Crippen LogP contribution is -2.52. The number of aromatic nitrogens is 5. The number of piperidine rings is 1. The largest absolute Gasteiger partial charge is 0.387 e. The number of urea groups is 1. The molecule has 4 aliphatic rings. The maximum atomic E-state index is 13.5. The van der Waals surface area contributed by atoms with Gasteiger partial charge < -0.3 is 20.4 Å². The maximum Gasteiger partial charge on any atom is 0.329 e. The highest BCUT2D eigenvalue weighted by Crippen LogP contribution is 2.35. The van der Waals surface area contributed by atoms with Gasteiger partial charge in [-0.05, 0) is 92.1 Å². The number of benzene rings is 2. The lowest BCUT2D eigenvalue weighted by Gasteiger charge is -2.40. The molecule has 16 heteroatoms. The van der Waals surface area contributed by atoms with E-state index in [0.717, 1.165) is 94.3 Å². The van der Waals surface area contributed by atoms with Crippen molar-refractivity contribution in [2.75, 3.05) is 79.8 Å². The first-order valence-electron chi connectivity index (χ1n) is 21.9. The predicted octanol–water partition coefficient (Wildman–Crippen LogP) is 5.69. The Hall–Kier alpha value is -6.55. The minimum atomic E-state index is -0.552. The molecule has 6 heterocycles. The van der Waals surface area contributed by atoms with Crippen LogP contribution >= 0.6 is 0 Å². The molecular weight excluding hydrogens is 783 g/mol. The molecule has 62 heavy (non-hydrogen) atoms.